The van der Waals surface area contributed by atoms with Crippen molar-refractivity contribution in [2.45, 2.75) is 39.0 Å². The molecule has 0 bridgehead atoms. The van der Waals surface area contributed by atoms with Crippen LogP contribution in [0, 0.1) is 11.7 Å². The molecule has 5 nitrogen and oxygen atoms in total. The Balaban J connectivity index is 0.000000352. The van der Waals surface area contributed by atoms with Gasteiger partial charge in [0, 0.05) is 24.2 Å². The van der Waals surface area contributed by atoms with E-state index in [0.717, 1.165) is 49.3 Å². The zero-order chi connectivity index (χ0) is 22.8. The van der Waals surface area contributed by atoms with Gasteiger partial charge in [-0.1, -0.05) is 55.1 Å². The first-order valence-electron chi connectivity index (χ1n) is 10.9. The largest absolute Gasteiger partial charge is 0.370 e. The Bertz CT molecular complexity index is 1010. The lowest BCUT2D eigenvalue weighted by Crippen LogP contribution is -2.25. The second kappa shape index (κ2) is 12.2. The molecule has 7 heteroatoms. The van der Waals surface area contributed by atoms with Gasteiger partial charge in [-0.15, -0.1) is 0 Å². The van der Waals surface area contributed by atoms with Crippen LogP contribution in [0.1, 0.15) is 39.0 Å². The van der Waals surface area contributed by atoms with Crippen molar-refractivity contribution in [3.63, 3.8) is 0 Å². The van der Waals surface area contributed by atoms with Gasteiger partial charge in [-0.05, 0) is 50.1 Å². The first kappa shape index (κ1) is 23.7. The number of nitrogens with zero attached hydrogens (tertiary/aromatic N) is 2. The van der Waals surface area contributed by atoms with Crippen LogP contribution in [0.3, 0.4) is 0 Å². The Kier molecular flexibility index (Phi) is 8.99. The van der Waals surface area contributed by atoms with Gasteiger partial charge in [0.05, 0.1) is 10.7 Å². The van der Waals surface area contributed by atoms with Gasteiger partial charge in [0.2, 0.25) is 5.91 Å². The lowest BCUT2D eigenvalue weighted by atomic mass is 9.89. The zero-order valence-electron chi connectivity index (χ0n) is 18.2. The van der Waals surface area contributed by atoms with Crippen LogP contribution in [0.4, 0.5) is 16.0 Å². The summed E-state index contributed by atoms with van der Waals surface area (Å²) in [5.74, 6) is 1.27. The molecule has 0 unspecified atom stereocenters. The number of rotatable bonds is 5. The van der Waals surface area contributed by atoms with Crippen molar-refractivity contribution in [1.82, 2.24) is 9.97 Å². The average molecular weight is 455 g/mol. The number of benzene rings is 1. The molecule has 1 fully saturated rings. The predicted molar refractivity (Wildman–Crippen MR) is 128 cm³/mol. The molecule has 168 valence electrons. The molecule has 3 aromatic rings. The summed E-state index contributed by atoms with van der Waals surface area (Å²) in [6, 6.07) is 15.5. The normalized spacial score (nSPS) is 13.6. The minimum Gasteiger partial charge on any atom is -0.370 e. The summed E-state index contributed by atoms with van der Waals surface area (Å²) >= 11 is 6.31. The van der Waals surface area contributed by atoms with E-state index in [-0.39, 0.29) is 17.6 Å². The molecule has 32 heavy (non-hydrogen) atoms. The first-order valence-corrected chi connectivity index (χ1v) is 11.3. The van der Waals surface area contributed by atoms with Crippen LogP contribution >= 0.6 is 11.6 Å². The van der Waals surface area contributed by atoms with E-state index in [9.17, 15) is 9.18 Å². The minimum absolute atomic E-state index is 0.0508. The van der Waals surface area contributed by atoms with Crippen LogP contribution in [-0.2, 0) is 4.79 Å². The third-order valence-electron chi connectivity index (χ3n) is 5.20. The second-order valence-corrected chi connectivity index (χ2v) is 8.01. The number of hydrogen-bond donors (Lipinski definition) is 2. The fraction of sp³-hybridized carbons (Fsp3) is 0.320. The topological polar surface area (TPSA) is 66.9 Å². The van der Waals surface area contributed by atoms with Crippen molar-refractivity contribution in [3.05, 3.63) is 71.6 Å². The maximum absolute atomic E-state index is 12.4. The highest BCUT2D eigenvalue weighted by Crippen LogP contribution is 2.30. The van der Waals surface area contributed by atoms with E-state index in [2.05, 4.69) is 20.6 Å². The molecule has 1 aromatic carbocycles. The maximum Gasteiger partial charge on any atom is 0.228 e. The van der Waals surface area contributed by atoms with Crippen molar-refractivity contribution in [1.29, 1.82) is 0 Å². The van der Waals surface area contributed by atoms with E-state index in [1.165, 1.54) is 18.6 Å². The molecule has 1 amide bonds. The smallest absolute Gasteiger partial charge is 0.228 e. The molecular weight excluding hydrogens is 427 g/mol. The summed E-state index contributed by atoms with van der Waals surface area (Å²) in [4.78, 5) is 21.2. The molecule has 2 aromatic heterocycles. The van der Waals surface area contributed by atoms with Crippen molar-refractivity contribution in [3.8, 4) is 11.3 Å². The highest BCUT2D eigenvalue weighted by molar-refractivity contribution is 6.33. The van der Waals surface area contributed by atoms with Gasteiger partial charge in [0.25, 0.3) is 0 Å². The molecule has 1 aliphatic rings. The number of pyridine rings is 2. The SMILES string of the molecule is CCNc1cccc(-c2cc(NC(=O)C3CCCCC3)ncc2Cl)n1.Fc1ccccc1. The third-order valence-corrected chi connectivity index (χ3v) is 5.50. The quantitative estimate of drug-likeness (QED) is 0.457. The van der Waals surface area contributed by atoms with E-state index in [1.807, 2.05) is 25.1 Å². The summed E-state index contributed by atoms with van der Waals surface area (Å²) in [5, 5.41) is 6.64. The minimum atomic E-state index is -0.178. The maximum atomic E-state index is 12.4. The number of amides is 1. The third kappa shape index (κ3) is 7.02. The van der Waals surface area contributed by atoms with E-state index >= 15 is 0 Å². The van der Waals surface area contributed by atoms with E-state index < -0.39 is 0 Å². The van der Waals surface area contributed by atoms with Gasteiger partial charge < -0.3 is 10.6 Å². The number of anilines is 2. The lowest BCUT2D eigenvalue weighted by molar-refractivity contribution is -0.120. The van der Waals surface area contributed by atoms with Crippen molar-refractivity contribution < 1.29 is 9.18 Å². The molecule has 4 rings (SSSR count). The number of halogens is 2. The first-order chi connectivity index (χ1) is 15.6. The predicted octanol–water partition coefficient (Wildman–Crippen LogP) is 6.57. The van der Waals surface area contributed by atoms with Crippen molar-refractivity contribution in [2.24, 2.45) is 5.92 Å². The Hall–Kier alpha value is -2.99. The number of hydrogen-bond acceptors (Lipinski definition) is 4. The highest BCUT2D eigenvalue weighted by Gasteiger charge is 2.21. The molecule has 0 radical (unpaired) electrons. The Morgan fingerprint density at radius 2 is 1.81 bits per heavy atom. The van der Waals surface area contributed by atoms with Gasteiger partial charge in [-0.2, -0.15) is 0 Å². The zero-order valence-corrected chi connectivity index (χ0v) is 18.9. The molecule has 1 aliphatic carbocycles. The van der Waals surface area contributed by atoms with Gasteiger partial charge in [-0.3, -0.25) is 4.79 Å². The highest BCUT2D eigenvalue weighted by atomic mass is 35.5. The molecule has 0 aliphatic heterocycles. The van der Waals surface area contributed by atoms with Gasteiger partial charge in [-0.25, -0.2) is 14.4 Å². The van der Waals surface area contributed by atoms with Crippen LogP contribution < -0.4 is 10.6 Å². The van der Waals surface area contributed by atoms with E-state index in [1.54, 1.807) is 30.5 Å². The summed E-state index contributed by atoms with van der Waals surface area (Å²) in [6.45, 7) is 2.82. The standard InChI is InChI=1S/C19H23ClN4O.C6H5F/c1-2-21-17-10-6-9-16(23-17)14-11-18(22-12-15(14)20)24-19(25)13-7-4-3-5-8-13;7-6-4-2-1-3-5-6/h6,9-13H,2-5,7-8H2,1H3,(H,21,23)(H,22,24,25);1-5H. The average Bonchev–Trinajstić information content (AvgIpc) is 2.82. The van der Waals surface area contributed by atoms with Crippen LogP contribution in [-0.4, -0.2) is 22.4 Å². The lowest BCUT2D eigenvalue weighted by Gasteiger charge is -2.20. The van der Waals surface area contributed by atoms with Crippen LogP contribution in [0.5, 0.6) is 0 Å². The molecule has 1 saturated carbocycles. The second-order valence-electron chi connectivity index (χ2n) is 7.61. The summed E-state index contributed by atoms with van der Waals surface area (Å²) in [5.41, 5.74) is 1.51. The van der Waals surface area contributed by atoms with Crippen LogP contribution in [0.2, 0.25) is 5.02 Å². The summed E-state index contributed by atoms with van der Waals surface area (Å²) in [7, 11) is 0. The Labute approximate surface area is 193 Å². The number of aromatic nitrogens is 2. The summed E-state index contributed by atoms with van der Waals surface area (Å²) in [6.07, 6.45) is 6.95. The number of carbonyl (C=O) groups excluding carboxylic acids is 1. The monoisotopic (exact) mass is 454 g/mol. The van der Waals surface area contributed by atoms with Crippen molar-refractivity contribution in [2.75, 3.05) is 17.2 Å². The molecule has 0 saturated heterocycles. The van der Waals surface area contributed by atoms with Gasteiger partial charge >= 0.3 is 0 Å². The van der Waals surface area contributed by atoms with Gasteiger partial charge in [0.15, 0.2) is 0 Å². The fourth-order valence-electron chi connectivity index (χ4n) is 3.58. The number of nitrogens with one attached hydrogen (secondary N) is 2. The van der Waals surface area contributed by atoms with E-state index in [4.69, 9.17) is 11.6 Å². The van der Waals surface area contributed by atoms with Crippen LogP contribution in [0.25, 0.3) is 11.3 Å². The van der Waals surface area contributed by atoms with E-state index in [0.29, 0.717) is 10.8 Å². The van der Waals surface area contributed by atoms with Gasteiger partial charge in [0.1, 0.15) is 17.5 Å². The Morgan fingerprint density at radius 1 is 1.06 bits per heavy atom. The molecule has 2 N–H and O–H groups in total. The summed E-state index contributed by atoms with van der Waals surface area (Å²) < 4.78 is 11.9. The van der Waals surface area contributed by atoms with Crippen LogP contribution in [0.15, 0.2) is 60.8 Å². The molecule has 0 spiro atoms. The molecule has 2 heterocycles. The molecule has 0 atom stereocenters. The van der Waals surface area contributed by atoms with Crippen molar-refractivity contribution >= 4 is 29.1 Å². The molecular formula is C25H28ClFN4O. The number of carbonyl (C=O) groups is 1. The Morgan fingerprint density at radius 3 is 2.47 bits per heavy atom. The fourth-order valence-corrected chi connectivity index (χ4v) is 3.78.